The van der Waals surface area contributed by atoms with E-state index in [0.29, 0.717) is 6.61 Å². The van der Waals surface area contributed by atoms with Crippen molar-refractivity contribution in [2.45, 2.75) is 116 Å². The molecule has 0 saturated heterocycles. The molecular formula is C25H46O2. The van der Waals surface area contributed by atoms with E-state index in [2.05, 4.69) is 6.92 Å². The second-order valence-electron chi connectivity index (χ2n) is 7.67. The zero-order valence-electron chi connectivity index (χ0n) is 18.0. The van der Waals surface area contributed by atoms with Gasteiger partial charge in [-0.05, 0) is 12.0 Å². The SMILES string of the molecule is CCCCCCCCCCCCCCCCCCO.OCc1ccccc1. The number of rotatable bonds is 17. The smallest absolute Gasteiger partial charge is 0.0681 e. The third-order valence-corrected chi connectivity index (χ3v) is 5.04. The molecule has 2 N–H and O–H groups in total. The van der Waals surface area contributed by atoms with Crippen LogP contribution in [0.3, 0.4) is 0 Å². The molecule has 0 aliphatic carbocycles. The molecule has 0 unspecified atom stereocenters. The number of unbranched alkanes of at least 4 members (excludes halogenated alkanes) is 15. The van der Waals surface area contributed by atoms with Crippen molar-refractivity contribution in [2.24, 2.45) is 0 Å². The third kappa shape index (κ3) is 21.3. The van der Waals surface area contributed by atoms with Gasteiger partial charge in [-0.25, -0.2) is 0 Å². The Bertz CT molecular complexity index is 348. The molecule has 0 spiro atoms. The molecule has 0 bridgehead atoms. The van der Waals surface area contributed by atoms with Gasteiger partial charge in [-0.3, -0.25) is 0 Å². The quantitative estimate of drug-likeness (QED) is 0.277. The van der Waals surface area contributed by atoms with E-state index in [1.807, 2.05) is 30.3 Å². The van der Waals surface area contributed by atoms with Crippen LogP contribution in [0.25, 0.3) is 0 Å². The van der Waals surface area contributed by atoms with Crippen LogP contribution in [0.15, 0.2) is 30.3 Å². The minimum atomic E-state index is 0.140. The van der Waals surface area contributed by atoms with Crippen molar-refractivity contribution >= 4 is 0 Å². The summed E-state index contributed by atoms with van der Waals surface area (Å²) in [7, 11) is 0. The molecule has 0 fully saturated rings. The van der Waals surface area contributed by atoms with Crippen LogP contribution in [-0.2, 0) is 6.61 Å². The van der Waals surface area contributed by atoms with Crippen LogP contribution in [0, 0.1) is 0 Å². The van der Waals surface area contributed by atoms with Crippen molar-refractivity contribution in [3.63, 3.8) is 0 Å². The normalized spacial score (nSPS) is 10.5. The fourth-order valence-corrected chi connectivity index (χ4v) is 3.24. The van der Waals surface area contributed by atoms with E-state index in [0.717, 1.165) is 12.0 Å². The first-order valence-corrected chi connectivity index (χ1v) is 11.6. The highest BCUT2D eigenvalue weighted by molar-refractivity contribution is 5.12. The van der Waals surface area contributed by atoms with Gasteiger partial charge in [0.15, 0.2) is 0 Å². The first kappa shape index (κ1) is 26.1. The lowest BCUT2D eigenvalue weighted by Gasteiger charge is -2.03. The van der Waals surface area contributed by atoms with Gasteiger partial charge in [0.05, 0.1) is 6.61 Å². The van der Waals surface area contributed by atoms with Gasteiger partial charge in [-0.15, -0.1) is 0 Å². The van der Waals surface area contributed by atoms with E-state index in [9.17, 15) is 0 Å². The van der Waals surface area contributed by atoms with Crippen LogP contribution >= 0.6 is 0 Å². The molecule has 0 atom stereocenters. The van der Waals surface area contributed by atoms with E-state index in [1.165, 1.54) is 96.3 Å². The number of aliphatic hydroxyl groups is 2. The van der Waals surface area contributed by atoms with Gasteiger partial charge in [-0.2, -0.15) is 0 Å². The Morgan fingerprint density at radius 3 is 1.19 bits per heavy atom. The summed E-state index contributed by atoms with van der Waals surface area (Å²) in [6, 6.07) is 9.52. The number of hydrogen-bond acceptors (Lipinski definition) is 2. The van der Waals surface area contributed by atoms with Crippen LogP contribution in [0.5, 0.6) is 0 Å². The molecule has 0 radical (unpaired) electrons. The first-order valence-electron chi connectivity index (χ1n) is 11.6. The van der Waals surface area contributed by atoms with Gasteiger partial charge in [0, 0.05) is 6.61 Å². The minimum Gasteiger partial charge on any atom is -0.396 e. The van der Waals surface area contributed by atoms with Gasteiger partial charge in [0.1, 0.15) is 0 Å². The van der Waals surface area contributed by atoms with Gasteiger partial charge < -0.3 is 10.2 Å². The average Bonchev–Trinajstić information content (AvgIpc) is 2.72. The number of aliphatic hydroxyl groups excluding tert-OH is 2. The summed E-state index contributed by atoms with van der Waals surface area (Å²) in [5, 5.41) is 17.2. The maximum absolute atomic E-state index is 8.67. The summed E-state index contributed by atoms with van der Waals surface area (Å²) in [6.45, 7) is 2.80. The second-order valence-corrected chi connectivity index (χ2v) is 7.67. The van der Waals surface area contributed by atoms with Crippen molar-refractivity contribution in [2.75, 3.05) is 6.61 Å². The lowest BCUT2D eigenvalue weighted by Crippen LogP contribution is -1.85. The zero-order valence-corrected chi connectivity index (χ0v) is 18.0. The van der Waals surface area contributed by atoms with Crippen LogP contribution in [0.4, 0.5) is 0 Å². The van der Waals surface area contributed by atoms with E-state index in [4.69, 9.17) is 10.2 Å². The third-order valence-electron chi connectivity index (χ3n) is 5.04. The maximum Gasteiger partial charge on any atom is 0.0681 e. The van der Waals surface area contributed by atoms with Crippen molar-refractivity contribution in [3.05, 3.63) is 35.9 Å². The molecule has 1 aromatic carbocycles. The zero-order chi connectivity index (χ0) is 19.8. The van der Waals surface area contributed by atoms with Crippen molar-refractivity contribution < 1.29 is 10.2 Å². The Labute approximate surface area is 169 Å². The van der Waals surface area contributed by atoms with Gasteiger partial charge >= 0.3 is 0 Å². The van der Waals surface area contributed by atoms with Crippen LogP contribution in [0.1, 0.15) is 115 Å². The Morgan fingerprint density at radius 1 is 0.519 bits per heavy atom. The average molecular weight is 379 g/mol. The van der Waals surface area contributed by atoms with Crippen LogP contribution in [-0.4, -0.2) is 16.8 Å². The second kappa shape index (κ2) is 23.2. The first-order chi connectivity index (χ1) is 13.3. The van der Waals surface area contributed by atoms with Crippen molar-refractivity contribution in [1.82, 2.24) is 0 Å². The van der Waals surface area contributed by atoms with Crippen LogP contribution in [0.2, 0.25) is 0 Å². The molecule has 0 aromatic heterocycles. The summed E-state index contributed by atoms with van der Waals surface area (Å²) >= 11 is 0. The Kier molecular flexibility index (Phi) is 22.4. The maximum atomic E-state index is 8.67. The van der Waals surface area contributed by atoms with Gasteiger partial charge in [0.2, 0.25) is 0 Å². The van der Waals surface area contributed by atoms with E-state index >= 15 is 0 Å². The topological polar surface area (TPSA) is 40.5 Å². The fraction of sp³-hybridized carbons (Fsp3) is 0.760. The summed E-state index contributed by atoms with van der Waals surface area (Å²) in [5.74, 6) is 0. The monoisotopic (exact) mass is 378 g/mol. The molecule has 0 aliphatic heterocycles. The highest BCUT2D eigenvalue weighted by Crippen LogP contribution is 2.13. The Hall–Kier alpha value is -0.860. The summed E-state index contributed by atoms with van der Waals surface area (Å²) in [6.07, 6.45) is 22.2. The summed E-state index contributed by atoms with van der Waals surface area (Å²) in [4.78, 5) is 0. The highest BCUT2D eigenvalue weighted by Gasteiger charge is 1.94. The van der Waals surface area contributed by atoms with E-state index in [-0.39, 0.29) is 6.61 Å². The van der Waals surface area contributed by atoms with E-state index in [1.54, 1.807) is 0 Å². The lowest BCUT2D eigenvalue weighted by molar-refractivity contribution is 0.281. The van der Waals surface area contributed by atoms with Crippen LogP contribution < -0.4 is 0 Å². The molecule has 158 valence electrons. The van der Waals surface area contributed by atoms with Crippen molar-refractivity contribution in [1.29, 1.82) is 0 Å². The minimum absolute atomic E-state index is 0.140. The van der Waals surface area contributed by atoms with Gasteiger partial charge in [0.25, 0.3) is 0 Å². The standard InChI is InChI=1S/C18H38O.C7H8O/c1-2-3-4-5-6-7-8-9-10-11-12-13-14-15-16-17-18-19;8-6-7-4-2-1-3-5-7/h19H,2-18H2,1H3;1-5,8H,6H2. The molecule has 27 heavy (non-hydrogen) atoms. The predicted octanol–water partition coefficient (Wildman–Crippen LogP) is 7.42. The molecule has 2 heteroatoms. The summed E-state index contributed by atoms with van der Waals surface area (Å²) in [5.41, 5.74) is 0.965. The molecule has 1 aromatic rings. The molecule has 2 nitrogen and oxygen atoms in total. The molecule has 0 heterocycles. The molecule has 0 saturated carbocycles. The molecule has 0 aliphatic rings. The largest absolute Gasteiger partial charge is 0.396 e. The van der Waals surface area contributed by atoms with Gasteiger partial charge in [-0.1, -0.05) is 134 Å². The predicted molar refractivity (Wildman–Crippen MR) is 119 cm³/mol. The number of benzene rings is 1. The van der Waals surface area contributed by atoms with E-state index < -0.39 is 0 Å². The molecule has 0 amide bonds. The number of hydrogen-bond donors (Lipinski definition) is 2. The molecule has 1 rings (SSSR count). The Balaban J connectivity index is 0.000000694. The summed E-state index contributed by atoms with van der Waals surface area (Å²) < 4.78 is 0. The Morgan fingerprint density at radius 2 is 0.889 bits per heavy atom. The lowest BCUT2D eigenvalue weighted by atomic mass is 10.0. The highest BCUT2D eigenvalue weighted by atomic mass is 16.3. The molecular weight excluding hydrogens is 332 g/mol. The fourth-order valence-electron chi connectivity index (χ4n) is 3.24. The van der Waals surface area contributed by atoms with Crippen molar-refractivity contribution in [3.8, 4) is 0 Å².